The Hall–Kier alpha value is -1.18. The van der Waals surface area contributed by atoms with Gasteiger partial charge in [0, 0.05) is 13.1 Å². The van der Waals surface area contributed by atoms with Gasteiger partial charge in [0.25, 0.3) is 0 Å². The van der Waals surface area contributed by atoms with E-state index in [0.29, 0.717) is 5.92 Å². The highest BCUT2D eigenvalue weighted by molar-refractivity contribution is 5.71. The summed E-state index contributed by atoms with van der Waals surface area (Å²) in [6, 6.07) is 6.60. The molecule has 0 bridgehead atoms. The minimum absolute atomic E-state index is 0.606. The van der Waals surface area contributed by atoms with E-state index in [1.54, 1.807) is 0 Å². The molecule has 0 atom stereocenters. The van der Waals surface area contributed by atoms with E-state index in [2.05, 4.69) is 42.7 Å². The van der Waals surface area contributed by atoms with Gasteiger partial charge in [-0.1, -0.05) is 19.9 Å². The second kappa shape index (κ2) is 3.29. The predicted octanol–water partition coefficient (Wildman–Crippen LogP) is 2.65. The Morgan fingerprint density at radius 3 is 2.46 bits per heavy atom. The number of rotatable bonds is 1. The Morgan fingerprint density at radius 2 is 1.77 bits per heavy atom. The Morgan fingerprint density at radius 1 is 1.08 bits per heavy atom. The molecule has 0 aromatic heterocycles. The second-order valence-corrected chi connectivity index (χ2v) is 3.81. The van der Waals surface area contributed by atoms with E-state index in [-0.39, 0.29) is 0 Å². The first kappa shape index (κ1) is 8.42. The number of anilines is 2. The van der Waals surface area contributed by atoms with Crippen LogP contribution in [0.3, 0.4) is 0 Å². The molecule has 2 nitrogen and oxygen atoms in total. The minimum atomic E-state index is 0.606. The van der Waals surface area contributed by atoms with E-state index in [9.17, 15) is 0 Å². The summed E-state index contributed by atoms with van der Waals surface area (Å²) in [6.07, 6.45) is 0. The van der Waals surface area contributed by atoms with Crippen LogP contribution in [-0.4, -0.2) is 13.1 Å². The van der Waals surface area contributed by atoms with Gasteiger partial charge in [-0.3, -0.25) is 0 Å². The van der Waals surface area contributed by atoms with Gasteiger partial charge < -0.3 is 10.6 Å². The third kappa shape index (κ3) is 1.62. The Bertz CT molecular complexity index is 305. The molecule has 1 aromatic carbocycles. The van der Waals surface area contributed by atoms with Crippen molar-refractivity contribution in [3.63, 3.8) is 0 Å². The fourth-order valence-electron chi connectivity index (χ4n) is 1.62. The average Bonchev–Trinajstić information content (AvgIpc) is 2.17. The fraction of sp³-hybridized carbons (Fsp3) is 0.455. The monoisotopic (exact) mass is 176 g/mol. The van der Waals surface area contributed by atoms with Crippen molar-refractivity contribution in [3.8, 4) is 0 Å². The first-order valence-electron chi connectivity index (χ1n) is 4.89. The van der Waals surface area contributed by atoms with Crippen LogP contribution in [0.4, 0.5) is 11.4 Å². The van der Waals surface area contributed by atoms with Crippen LogP contribution in [0, 0.1) is 0 Å². The highest BCUT2D eigenvalue weighted by Crippen LogP contribution is 2.28. The largest absolute Gasteiger partial charge is 0.382 e. The van der Waals surface area contributed by atoms with Crippen LogP contribution in [-0.2, 0) is 0 Å². The second-order valence-electron chi connectivity index (χ2n) is 3.81. The molecule has 1 aliphatic rings. The topological polar surface area (TPSA) is 24.1 Å². The van der Waals surface area contributed by atoms with E-state index in [1.807, 2.05) is 0 Å². The summed E-state index contributed by atoms with van der Waals surface area (Å²) >= 11 is 0. The van der Waals surface area contributed by atoms with Crippen molar-refractivity contribution in [1.82, 2.24) is 0 Å². The number of benzene rings is 1. The molecule has 0 spiro atoms. The maximum absolute atomic E-state index is 3.40. The van der Waals surface area contributed by atoms with Crippen molar-refractivity contribution < 1.29 is 0 Å². The normalized spacial score (nSPS) is 14.7. The van der Waals surface area contributed by atoms with E-state index < -0.39 is 0 Å². The number of hydrogen-bond donors (Lipinski definition) is 2. The lowest BCUT2D eigenvalue weighted by molar-refractivity contribution is 0.865. The van der Waals surface area contributed by atoms with Gasteiger partial charge in [0.1, 0.15) is 0 Å². The zero-order chi connectivity index (χ0) is 9.26. The van der Waals surface area contributed by atoms with Gasteiger partial charge in [0.05, 0.1) is 11.4 Å². The first-order chi connectivity index (χ1) is 6.27. The molecule has 0 fully saturated rings. The van der Waals surface area contributed by atoms with E-state index in [4.69, 9.17) is 0 Å². The van der Waals surface area contributed by atoms with Crippen molar-refractivity contribution in [2.24, 2.45) is 0 Å². The summed E-state index contributed by atoms with van der Waals surface area (Å²) < 4.78 is 0. The lowest BCUT2D eigenvalue weighted by Gasteiger charge is -2.21. The molecular weight excluding hydrogens is 160 g/mol. The van der Waals surface area contributed by atoms with Gasteiger partial charge in [-0.2, -0.15) is 0 Å². The van der Waals surface area contributed by atoms with Crippen LogP contribution >= 0.6 is 0 Å². The van der Waals surface area contributed by atoms with E-state index >= 15 is 0 Å². The highest BCUT2D eigenvalue weighted by Gasteiger charge is 2.08. The maximum atomic E-state index is 3.40. The smallest absolute Gasteiger partial charge is 0.0579 e. The summed E-state index contributed by atoms with van der Waals surface area (Å²) in [5, 5.41) is 6.76. The molecule has 2 rings (SSSR count). The third-order valence-corrected chi connectivity index (χ3v) is 2.47. The van der Waals surface area contributed by atoms with Gasteiger partial charge in [0.2, 0.25) is 0 Å². The zero-order valence-electron chi connectivity index (χ0n) is 8.22. The van der Waals surface area contributed by atoms with Gasteiger partial charge in [-0.15, -0.1) is 0 Å². The van der Waals surface area contributed by atoms with Crippen molar-refractivity contribution in [2.75, 3.05) is 23.7 Å². The lowest BCUT2D eigenvalue weighted by atomic mass is 10.0. The Labute approximate surface area is 79.4 Å². The Kier molecular flexibility index (Phi) is 2.13. The molecule has 2 N–H and O–H groups in total. The van der Waals surface area contributed by atoms with Crippen LogP contribution in [0.1, 0.15) is 25.3 Å². The van der Waals surface area contributed by atoms with Gasteiger partial charge in [-0.05, 0) is 23.6 Å². The summed E-state index contributed by atoms with van der Waals surface area (Å²) in [4.78, 5) is 0. The van der Waals surface area contributed by atoms with Crippen molar-refractivity contribution in [2.45, 2.75) is 19.8 Å². The maximum Gasteiger partial charge on any atom is 0.0579 e. The molecule has 0 saturated carbocycles. The average molecular weight is 176 g/mol. The van der Waals surface area contributed by atoms with E-state index in [1.165, 1.54) is 16.9 Å². The predicted molar refractivity (Wildman–Crippen MR) is 57.5 cm³/mol. The quantitative estimate of drug-likeness (QED) is 0.687. The van der Waals surface area contributed by atoms with Gasteiger partial charge in [0.15, 0.2) is 0 Å². The molecule has 0 aliphatic carbocycles. The van der Waals surface area contributed by atoms with Crippen LogP contribution in [0.2, 0.25) is 0 Å². The number of hydrogen-bond acceptors (Lipinski definition) is 2. The number of fused-ring (bicyclic) bond motifs is 1. The molecule has 0 amide bonds. The lowest BCUT2D eigenvalue weighted by Crippen LogP contribution is -2.20. The summed E-state index contributed by atoms with van der Waals surface area (Å²) in [5.41, 5.74) is 3.88. The standard InChI is InChI=1S/C11H16N2/c1-8(2)9-3-4-10-11(7-9)13-6-5-12-10/h3-4,7-8,12-13H,5-6H2,1-2H3. The zero-order valence-corrected chi connectivity index (χ0v) is 8.22. The van der Waals surface area contributed by atoms with Crippen LogP contribution in [0.5, 0.6) is 0 Å². The molecule has 70 valence electrons. The molecule has 13 heavy (non-hydrogen) atoms. The molecule has 1 aromatic rings. The highest BCUT2D eigenvalue weighted by atomic mass is 15.0. The molecule has 0 saturated heterocycles. The van der Waals surface area contributed by atoms with Crippen LogP contribution in [0.25, 0.3) is 0 Å². The summed E-state index contributed by atoms with van der Waals surface area (Å²) in [7, 11) is 0. The van der Waals surface area contributed by atoms with Crippen LogP contribution in [0.15, 0.2) is 18.2 Å². The SMILES string of the molecule is CC(C)c1ccc2c(c1)NCCN2. The summed E-state index contributed by atoms with van der Waals surface area (Å²) in [5.74, 6) is 0.606. The third-order valence-electron chi connectivity index (χ3n) is 2.47. The molecule has 1 aliphatic heterocycles. The minimum Gasteiger partial charge on any atom is -0.382 e. The molecule has 0 unspecified atom stereocenters. The first-order valence-corrected chi connectivity index (χ1v) is 4.89. The summed E-state index contributed by atoms with van der Waals surface area (Å²) in [6.45, 7) is 6.48. The molecule has 2 heteroatoms. The van der Waals surface area contributed by atoms with Crippen molar-refractivity contribution in [3.05, 3.63) is 23.8 Å². The van der Waals surface area contributed by atoms with Crippen LogP contribution < -0.4 is 10.6 Å². The van der Waals surface area contributed by atoms with Crippen molar-refractivity contribution >= 4 is 11.4 Å². The molecular formula is C11H16N2. The van der Waals surface area contributed by atoms with E-state index in [0.717, 1.165) is 13.1 Å². The fourth-order valence-corrected chi connectivity index (χ4v) is 1.62. The number of nitrogens with one attached hydrogen (secondary N) is 2. The Balaban J connectivity index is 2.35. The molecule has 0 radical (unpaired) electrons. The van der Waals surface area contributed by atoms with Crippen molar-refractivity contribution in [1.29, 1.82) is 0 Å². The van der Waals surface area contributed by atoms with Gasteiger partial charge in [-0.25, -0.2) is 0 Å². The van der Waals surface area contributed by atoms with Gasteiger partial charge >= 0.3 is 0 Å². The molecule has 1 heterocycles.